The van der Waals surface area contributed by atoms with Crippen molar-refractivity contribution < 1.29 is 19.4 Å². The smallest absolute Gasteiger partial charge is 0.295 e. The summed E-state index contributed by atoms with van der Waals surface area (Å²) in [6, 6.07) is 12.6. The first-order valence-electron chi connectivity index (χ1n) is 12.3. The van der Waals surface area contributed by atoms with Gasteiger partial charge in [0, 0.05) is 18.7 Å². The molecule has 0 spiro atoms. The van der Waals surface area contributed by atoms with E-state index in [0.717, 1.165) is 29.8 Å². The van der Waals surface area contributed by atoms with Gasteiger partial charge in [0.1, 0.15) is 11.5 Å². The largest absolute Gasteiger partial charge is 0.507 e. The van der Waals surface area contributed by atoms with Gasteiger partial charge in [0.2, 0.25) is 0 Å². The molecule has 1 aliphatic heterocycles. The standard InChI is InChI=1S/C29H38N2O4/c1-8-30(9-2)16-17-31-25(20-10-13-22(14-11-20)29(4,5)6)24(27(33)28(31)34)26(32)21-12-15-23(35-7)19(3)18-21/h10-15,18,25,32H,8-9,16-17H2,1-7H3/t25-/m1/s1. The maximum Gasteiger partial charge on any atom is 0.295 e. The number of carbonyl (C=O) groups excluding carboxylic acids is 2. The lowest BCUT2D eigenvalue weighted by molar-refractivity contribution is -0.140. The molecule has 1 amide bonds. The van der Waals surface area contributed by atoms with E-state index in [0.29, 0.717) is 24.4 Å². The van der Waals surface area contributed by atoms with Crippen molar-refractivity contribution in [1.29, 1.82) is 0 Å². The molecule has 1 fully saturated rings. The maximum absolute atomic E-state index is 13.3. The molecule has 1 heterocycles. The number of carbonyl (C=O) groups is 2. The molecule has 2 aromatic carbocycles. The van der Waals surface area contributed by atoms with Crippen LogP contribution < -0.4 is 4.74 Å². The number of methoxy groups -OCH3 is 1. The van der Waals surface area contributed by atoms with E-state index >= 15 is 0 Å². The summed E-state index contributed by atoms with van der Waals surface area (Å²) in [5.41, 5.74) is 3.39. The molecule has 0 saturated carbocycles. The maximum atomic E-state index is 13.3. The van der Waals surface area contributed by atoms with Crippen LogP contribution >= 0.6 is 0 Å². The van der Waals surface area contributed by atoms with E-state index in [1.54, 1.807) is 30.2 Å². The molecule has 1 saturated heterocycles. The number of Topliss-reactive ketones (excluding diaryl/α,β-unsaturated/α-hetero) is 1. The van der Waals surface area contributed by atoms with E-state index in [-0.39, 0.29) is 16.7 Å². The molecule has 188 valence electrons. The van der Waals surface area contributed by atoms with Crippen LogP contribution in [0.4, 0.5) is 0 Å². The van der Waals surface area contributed by atoms with Crippen LogP contribution in [0, 0.1) is 6.92 Å². The molecule has 1 aliphatic rings. The van der Waals surface area contributed by atoms with Crippen LogP contribution in [0.15, 0.2) is 48.0 Å². The topological polar surface area (TPSA) is 70.1 Å². The highest BCUT2D eigenvalue weighted by molar-refractivity contribution is 6.46. The lowest BCUT2D eigenvalue weighted by Gasteiger charge is -2.28. The number of aliphatic hydroxyl groups excluding tert-OH is 1. The summed E-state index contributed by atoms with van der Waals surface area (Å²) in [5.74, 6) is -0.700. The van der Waals surface area contributed by atoms with Crippen molar-refractivity contribution >= 4 is 17.4 Å². The van der Waals surface area contributed by atoms with Crippen LogP contribution in [0.3, 0.4) is 0 Å². The highest BCUT2D eigenvalue weighted by atomic mass is 16.5. The van der Waals surface area contributed by atoms with Crippen molar-refractivity contribution in [2.75, 3.05) is 33.3 Å². The average molecular weight is 479 g/mol. The van der Waals surface area contributed by atoms with Crippen LogP contribution in [0.25, 0.3) is 5.76 Å². The first-order valence-corrected chi connectivity index (χ1v) is 12.3. The molecule has 0 aliphatic carbocycles. The van der Waals surface area contributed by atoms with E-state index in [9.17, 15) is 14.7 Å². The summed E-state index contributed by atoms with van der Waals surface area (Å²) < 4.78 is 5.33. The highest BCUT2D eigenvalue weighted by Crippen LogP contribution is 2.40. The van der Waals surface area contributed by atoms with E-state index in [4.69, 9.17) is 4.74 Å². The molecule has 35 heavy (non-hydrogen) atoms. The third kappa shape index (κ3) is 5.43. The minimum absolute atomic E-state index is 0.0241. The molecular weight excluding hydrogens is 440 g/mol. The van der Waals surface area contributed by atoms with Gasteiger partial charge in [-0.15, -0.1) is 0 Å². The fourth-order valence-corrected chi connectivity index (χ4v) is 4.59. The first-order chi connectivity index (χ1) is 16.5. The van der Waals surface area contributed by atoms with Crippen molar-refractivity contribution in [3.8, 4) is 5.75 Å². The molecule has 0 bridgehead atoms. The third-order valence-corrected chi connectivity index (χ3v) is 6.85. The fraction of sp³-hybridized carbons (Fsp3) is 0.448. The molecule has 3 rings (SSSR count). The second kappa shape index (κ2) is 10.6. The monoisotopic (exact) mass is 478 g/mol. The lowest BCUT2D eigenvalue weighted by Crippen LogP contribution is -2.38. The summed E-state index contributed by atoms with van der Waals surface area (Å²) in [5, 5.41) is 11.3. The van der Waals surface area contributed by atoms with Crippen molar-refractivity contribution in [2.24, 2.45) is 0 Å². The third-order valence-electron chi connectivity index (χ3n) is 6.85. The SMILES string of the molecule is CCN(CC)CCN1C(=O)C(=O)C(=C(O)c2ccc(OC)c(C)c2)[C@H]1c1ccc(C(C)(C)C)cc1. The zero-order valence-corrected chi connectivity index (χ0v) is 22.0. The predicted molar refractivity (Wildman–Crippen MR) is 140 cm³/mol. The van der Waals surface area contributed by atoms with Crippen molar-refractivity contribution in [1.82, 2.24) is 9.80 Å². The van der Waals surface area contributed by atoms with Gasteiger partial charge in [0.25, 0.3) is 11.7 Å². The van der Waals surface area contributed by atoms with Crippen molar-refractivity contribution in [3.63, 3.8) is 0 Å². The Labute approximate surface area is 209 Å². The lowest BCUT2D eigenvalue weighted by atomic mass is 9.85. The van der Waals surface area contributed by atoms with Crippen molar-refractivity contribution in [2.45, 2.75) is 53.0 Å². The van der Waals surface area contributed by atoms with Gasteiger partial charge in [-0.05, 0) is 60.3 Å². The number of rotatable bonds is 8. The summed E-state index contributed by atoms with van der Waals surface area (Å²) in [6.45, 7) is 15.2. The van der Waals surface area contributed by atoms with Gasteiger partial charge in [0.15, 0.2) is 0 Å². The summed E-state index contributed by atoms with van der Waals surface area (Å²) >= 11 is 0. The molecule has 1 atom stereocenters. The number of hydrogen-bond acceptors (Lipinski definition) is 5. The van der Waals surface area contributed by atoms with Gasteiger partial charge >= 0.3 is 0 Å². The van der Waals surface area contributed by atoms with E-state index in [1.807, 2.05) is 31.2 Å². The second-order valence-corrected chi connectivity index (χ2v) is 10.1. The molecule has 0 aromatic heterocycles. The number of aryl methyl sites for hydroxylation is 1. The van der Waals surface area contributed by atoms with E-state index in [2.05, 4.69) is 39.5 Å². The molecule has 6 heteroatoms. The quantitative estimate of drug-likeness (QED) is 0.326. The normalized spacial score (nSPS) is 17.9. The number of ether oxygens (including phenoxy) is 1. The minimum Gasteiger partial charge on any atom is -0.507 e. The number of aliphatic hydroxyl groups is 1. The van der Waals surface area contributed by atoms with Gasteiger partial charge in [-0.3, -0.25) is 9.59 Å². The van der Waals surface area contributed by atoms with E-state index in [1.165, 1.54) is 0 Å². The molecule has 0 unspecified atom stereocenters. The Hall–Kier alpha value is -3.12. The number of benzene rings is 2. The number of likely N-dealkylation sites (N-methyl/N-ethyl adjacent to an activating group) is 1. The van der Waals surface area contributed by atoms with Crippen LogP contribution in [0.2, 0.25) is 0 Å². The van der Waals surface area contributed by atoms with Crippen LogP contribution in [0.5, 0.6) is 5.75 Å². The van der Waals surface area contributed by atoms with Crippen LogP contribution in [0.1, 0.15) is 62.9 Å². The molecule has 6 nitrogen and oxygen atoms in total. The minimum atomic E-state index is -0.652. The van der Waals surface area contributed by atoms with Gasteiger partial charge in [-0.2, -0.15) is 0 Å². The Kier molecular flexibility index (Phi) is 8.06. The predicted octanol–water partition coefficient (Wildman–Crippen LogP) is 5.06. The van der Waals surface area contributed by atoms with Crippen LogP contribution in [-0.4, -0.2) is 59.9 Å². The molecule has 1 N–H and O–H groups in total. The Bertz CT molecular complexity index is 1110. The summed E-state index contributed by atoms with van der Waals surface area (Å²) in [6.07, 6.45) is 0. The van der Waals surface area contributed by atoms with Gasteiger partial charge in [0.05, 0.1) is 18.7 Å². The Morgan fingerprint density at radius 1 is 1.06 bits per heavy atom. The van der Waals surface area contributed by atoms with Crippen LogP contribution in [-0.2, 0) is 15.0 Å². The highest BCUT2D eigenvalue weighted by Gasteiger charge is 2.46. The Morgan fingerprint density at radius 2 is 1.69 bits per heavy atom. The zero-order chi connectivity index (χ0) is 25.9. The Balaban J connectivity index is 2.13. The summed E-state index contributed by atoms with van der Waals surface area (Å²) in [4.78, 5) is 30.3. The number of amides is 1. The Morgan fingerprint density at radius 3 is 2.20 bits per heavy atom. The second-order valence-electron chi connectivity index (χ2n) is 10.1. The molecular formula is C29H38N2O4. The molecule has 2 aromatic rings. The average Bonchev–Trinajstić information content (AvgIpc) is 3.08. The van der Waals surface area contributed by atoms with Crippen molar-refractivity contribution in [3.05, 3.63) is 70.3 Å². The zero-order valence-electron chi connectivity index (χ0n) is 22.0. The summed E-state index contributed by atoms with van der Waals surface area (Å²) in [7, 11) is 1.59. The van der Waals surface area contributed by atoms with Gasteiger partial charge < -0.3 is 19.6 Å². The number of nitrogens with zero attached hydrogens (tertiary/aromatic N) is 2. The van der Waals surface area contributed by atoms with Gasteiger partial charge in [-0.25, -0.2) is 0 Å². The molecule has 0 radical (unpaired) electrons. The number of likely N-dealkylation sites (tertiary alicyclic amines) is 1. The fourth-order valence-electron chi connectivity index (χ4n) is 4.59. The number of ketones is 1. The first kappa shape index (κ1) is 26.5. The van der Waals surface area contributed by atoms with Gasteiger partial charge in [-0.1, -0.05) is 58.9 Å². The number of hydrogen-bond donors (Lipinski definition) is 1. The van der Waals surface area contributed by atoms with E-state index < -0.39 is 17.7 Å².